The molecule has 2 atom stereocenters. The Morgan fingerprint density at radius 1 is 0.650 bits per heavy atom. The lowest BCUT2D eigenvalue weighted by atomic mass is 9.74. The highest BCUT2D eigenvalue weighted by atomic mass is 28.4. The molecule has 0 aliphatic heterocycles. The summed E-state index contributed by atoms with van der Waals surface area (Å²) < 4.78 is 24.4. The number of Topliss-reactive ketones (excluding diaryl/α,β-unsaturated/α-hetero) is 4. The van der Waals surface area contributed by atoms with Crippen LogP contribution in [0, 0.1) is 11.8 Å². The van der Waals surface area contributed by atoms with E-state index in [9.17, 15) is 28.8 Å². The highest BCUT2D eigenvalue weighted by molar-refractivity contribution is 6.66. The molecule has 232 valence electrons. The van der Waals surface area contributed by atoms with Crippen LogP contribution in [0.4, 0.5) is 0 Å². The third-order valence-corrected chi connectivity index (χ3v) is 7.72. The normalized spacial score (nSPS) is 16.3. The number of ether oxygens (including phenoxy) is 3. The fourth-order valence-corrected chi connectivity index (χ4v) is 4.36. The highest BCUT2D eigenvalue weighted by Gasteiger charge is 2.33. The number of esters is 1. The number of hydrogen-bond donors (Lipinski definition) is 0. The maximum absolute atomic E-state index is 11.8. The van der Waals surface area contributed by atoms with Crippen LogP contribution in [0.1, 0.15) is 78.6 Å². The number of carbonyl (C=O) groups is 6. The van der Waals surface area contributed by atoms with Crippen LogP contribution in [-0.4, -0.2) is 84.8 Å². The predicted molar refractivity (Wildman–Crippen MR) is 151 cm³/mol. The van der Waals surface area contributed by atoms with Gasteiger partial charge in [0.1, 0.15) is 29.7 Å². The summed E-state index contributed by atoms with van der Waals surface area (Å²) in [6.07, 6.45) is 5.19. The summed E-state index contributed by atoms with van der Waals surface area (Å²) in [5, 5.41) is 0. The van der Waals surface area contributed by atoms with Crippen LogP contribution < -0.4 is 0 Å². The summed E-state index contributed by atoms with van der Waals surface area (Å²) in [7, 11) is 2.37. The van der Waals surface area contributed by atoms with E-state index in [2.05, 4.69) is 4.74 Å². The molecule has 0 bridgehead atoms. The largest absolute Gasteiger partial charge is 0.494 e. The van der Waals surface area contributed by atoms with Crippen LogP contribution in [0.15, 0.2) is 0 Å². The molecule has 0 N–H and O–H groups in total. The van der Waals surface area contributed by atoms with Crippen LogP contribution in [0.25, 0.3) is 0 Å². The van der Waals surface area contributed by atoms with Gasteiger partial charge in [-0.05, 0) is 46.7 Å². The third kappa shape index (κ3) is 22.5. The average molecular weight is 591 g/mol. The Kier molecular flexibility index (Phi) is 23.3. The molecule has 0 radical (unpaired) electrons. The zero-order valence-corrected chi connectivity index (χ0v) is 26.6. The molecule has 40 heavy (non-hydrogen) atoms. The van der Waals surface area contributed by atoms with Crippen molar-refractivity contribution in [3.63, 3.8) is 0 Å². The number of methoxy groups -OCH3 is 2. The van der Waals surface area contributed by atoms with Gasteiger partial charge in [0.15, 0.2) is 0 Å². The number of hydrogen-bond acceptors (Lipinski definition) is 11. The molecule has 1 aliphatic carbocycles. The molecule has 0 aromatic carbocycles. The van der Waals surface area contributed by atoms with E-state index in [1.165, 1.54) is 28.1 Å². The van der Waals surface area contributed by atoms with Gasteiger partial charge in [0.05, 0.1) is 26.1 Å². The minimum Gasteiger partial charge on any atom is -0.494 e. The summed E-state index contributed by atoms with van der Waals surface area (Å²) >= 11 is 0. The highest BCUT2D eigenvalue weighted by Crippen LogP contribution is 2.32. The van der Waals surface area contributed by atoms with E-state index in [-0.39, 0.29) is 79.2 Å². The first kappa shape index (κ1) is 39.9. The summed E-state index contributed by atoms with van der Waals surface area (Å²) in [5.74, 6) is -0.389. The molecule has 0 aromatic heterocycles. The Hall–Kier alpha value is -2.28. The van der Waals surface area contributed by atoms with Crippen LogP contribution in [0.2, 0.25) is 13.1 Å². The van der Waals surface area contributed by atoms with Gasteiger partial charge in [-0.25, -0.2) is 0 Å². The molecule has 12 heteroatoms. The van der Waals surface area contributed by atoms with Crippen LogP contribution in [0.5, 0.6) is 0 Å². The molecule has 2 unspecified atom stereocenters. The van der Waals surface area contributed by atoms with E-state index >= 15 is 0 Å². The van der Waals surface area contributed by atoms with Gasteiger partial charge < -0.3 is 32.7 Å². The third-order valence-electron chi connectivity index (χ3n) is 6.02. The Morgan fingerprint density at radius 2 is 1.15 bits per heavy atom. The summed E-state index contributed by atoms with van der Waals surface area (Å²) in [4.78, 5) is 66.1. The van der Waals surface area contributed by atoms with Crippen molar-refractivity contribution in [1.29, 1.82) is 0 Å². The maximum atomic E-state index is 11.8. The molecular formula is C28H50O11Si. The van der Waals surface area contributed by atoms with E-state index in [0.717, 1.165) is 25.7 Å². The van der Waals surface area contributed by atoms with Crippen molar-refractivity contribution >= 4 is 43.6 Å². The second kappa shape index (κ2) is 23.4. The van der Waals surface area contributed by atoms with E-state index in [1.807, 2.05) is 0 Å². The van der Waals surface area contributed by atoms with Gasteiger partial charge >= 0.3 is 14.5 Å². The van der Waals surface area contributed by atoms with Gasteiger partial charge in [-0.1, -0.05) is 12.8 Å². The lowest BCUT2D eigenvalue weighted by molar-refractivity contribution is -0.146. The fraction of sp³-hybridized carbons (Fsp3) is 0.786. The van der Waals surface area contributed by atoms with Crippen molar-refractivity contribution < 1.29 is 51.8 Å². The second-order valence-corrected chi connectivity index (χ2v) is 13.4. The summed E-state index contributed by atoms with van der Waals surface area (Å²) in [6.45, 7) is 9.18. The van der Waals surface area contributed by atoms with E-state index in [0.29, 0.717) is 19.6 Å². The molecular weight excluding hydrogens is 540 g/mol. The minimum absolute atomic E-state index is 0.00121. The first-order chi connectivity index (χ1) is 18.7. The maximum Gasteiger partial charge on any atom is 0.394 e. The molecule has 1 aliphatic rings. The number of ketones is 4. The zero-order chi connectivity index (χ0) is 31.1. The molecule has 1 fully saturated rings. The molecule has 0 saturated heterocycles. The first-order valence-electron chi connectivity index (χ1n) is 13.6. The average Bonchev–Trinajstić information content (AvgIpc) is 2.90. The van der Waals surface area contributed by atoms with Crippen molar-refractivity contribution in [2.24, 2.45) is 11.8 Å². The van der Waals surface area contributed by atoms with Gasteiger partial charge in [-0.2, -0.15) is 0 Å². The van der Waals surface area contributed by atoms with Gasteiger partial charge in [-0.15, -0.1) is 0 Å². The molecule has 0 heterocycles. The quantitative estimate of drug-likeness (QED) is 0.147. The number of carbonyl (C=O) groups excluding carboxylic acids is 6. The lowest BCUT2D eigenvalue weighted by Crippen LogP contribution is -2.35. The minimum atomic E-state index is -2.27. The van der Waals surface area contributed by atoms with E-state index in [1.54, 1.807) is 27.1 Å². The van der Waals surface area contributed by atoms with Crippen molar-refractivity contribution in [3.8, 4) is 0 Å². The molecule has 1 rings (SSSR count). The summed E-state index contributed by atoms with van der Waals surface area (Å²) in [5.41, 5.74) is 0. The molecule has 0 aromatic rings. The Bertz CT molecular complexity index is 795. The standard InChI is InChI=1S/C12H20O3.C8H16O4Si.C8H14O4/c1-9(13)10-5-3-4-6-11(10)12(14)7-8-15-2;1-7(9)5-6-8(10)12-13(3,4)11-2;1-7(9)3-4-8(10)12-6-5-11-2/h10-11H,3-8H2,1-2H3;5-6H2,1-4H3;3-6H2,1-2H3. The first-order valence-corrected chi connectivity index (χ1v) is 16.4. The van der Waals surface area contributed by atoms with Crippen LogP contribution >= 0.6 is 0 Å². The van der Waals surface area contributed by atoms with Crippen molar-refractivity contribution in [2.45, 2.75) is 91.7 Å². The zero-order valence-electron chi connectivity index (χ0n) is 25.6. The lowest BCUT2D eigenvalue weighted by Gasteiger charge is -2.28. The van der Waals surface area contributed by atoms with Crippen LogP contribution in [-0.2, 0) is 51.8 Å². The van der Waals surface area contributed by atoms with Crippen molar-refractivity contribution in [3.05, 3.63) is 0 Å². The summed E-state index contributed by atoms with van der Waals surface area (Å²) in [6, 6.07) is 0. The Labute approximate surface area is 240 Å². The topological polar surface area (TPSA) is 149 Å². The van der Waals surface area contributed by atoms with Gasteiger partial charge in [0, 0.05) is 52.4 Å². The molecule has 0 amide bonds. The molecule has 11 nitrogen and oxygen atoms in total. The van der Waals surface area contributed by atoms with E-state index < -0.39 is 8.56 Å². The second-order valence-electron chi connectivity index (χ2n) is 10.0. The molecule has 0 spiro atoms. The van der Waals surface area contributed by atoms with Gasteiger partial charge in [0.2, 0.25) is 0 Å². The smallest absolute Gasteiger partial charge is 0.394 e. The Balaban J connectivity index is 0. The molecule has 1 saturated carbocycles. The number of rotatable bonds is 16. The monoisotopic (exact) mass is 590 g/mol. The van der Waals surface area contributed by atoms with E-state index in [4.69, 9.17) is 18.3 Å². The van der Waals surface area contributed by atoms with Crippen LogP contribution in [0.3, 0.4) is 0 Å². The van der Waals surface area contributed by atoms with Crippen molar-refractivity contribution in [2.75, 3.05) is 41.2 Å². The fourth-order valence-electron chi connectivity index (χ4n) is 3.62. The predicted octanol–water partition coefficient (Wildman–Crippen LogP) is 3.78. The van der Waals surface area contributed by atoms with Gasteiger partial charge in [-0.3, -0.25) is 19.2 Å². The van der Waals surface area contributed by atoms with Gasteiger partial charge in [0.25, 0.3) is 5.97 Å². The van der Waals surface area contributed by atoms with Crippen molar-refractivity contribution in [1.82, 2.24) is 0 Å². The SMILES string of the molecule is COCCC(=O)C1CCCCC1C(C)=O.COCCOC(=O)CCC(C)=O.CO[Si](C)(C)OC(=O)CCC(C)=O. The Morgan fingerprint density at radius 3 is 1.60 bits per heavy atom.